The van der Waals surface area contributed by atoms with Gasteiger partial charge in [0.25, 0.3) is 0 Å². The summed E-state index contributed by atoms with van der Waals surface area (Å²) < 4.78 is 0. The Morgan fingerprint density at radius 1 is 1.33 bits per heavy atom. The zero-order chi connectivity index (χ0) is 13.3. The Balaban J connectivity index is 2.20. The zero-order valence-corrected chi connectivity index (χ0v) is 11.6. The SMILES string of the molecule is CCC(C)C1NC(=O)C(CC)N(C2CCC2)C1=O. The van der Waals surface area contributed by atoms with E-state index >= 15 is 0 Å². The molecule has 0 aromatic heterocycles. The van der Waals surface area contributed by atoms with Gasteiger partial charge < -0.3 is 10.2 Å². The highest BCUT2D eigenvalue weighted by atomic mass is 16.2. The molecule has 2 amide bonds. The molecule has 0 spiro atoms. The molecule has 1 heterocycles. The molecule has 1 N–H and O–H groups in total. The van der Waals surface area contributed by atoms with Crippen LogP contribution in [0.3, 0.4) is 0 Å². The van der Waals surface area contributed by atoms with E-state index in [-0.39, 0.29) is 29.8 Å². The third kappa shape index (κ3) is 2.13. The van der Waals surface area contributed by atoms with Gasteiger partial charge in [0.15, 0.2) is 0 Å². The number of piperazine rings is 1. The predicted octanol–water partition coefficient (Wildman–Crippen LogP) is 1.69. The van der Waals surface area contributed by atoms with Crippen molar-refractivity contribution in [3.63, 3.8) is 0 Å². The van der Waals surface area contributed by atoms with Crippen LogP contribution < -0.4 is 5.32 Å². The van der Waals surface area contributed by atoms with E-state index < -0.39 is 0 Å². The van der Waals surface area contributed by atoms with Crippen molar-refractivity contribution in [2.24, 2.45) is 5.92 Å². The molecule has 2 aliphatic rings. The van der Waals surface area contributed by atoms with E-state index in [9.17, 15) is 9.59 Å². The molecular weight excluding hydrogens is 228 g/mol. The summed E-state index contributed by atoms with van der Waals surface area (Å²) in [7, 11) is 0. The fraction of sp³-hybridized carbons (Fsp3) is 0.857. The lowest BCUT2D eigenvalue weighted by atomic mass is 9.86. The first-order valence-electron chi connectivity index (χ1n) is 7.22. The van der Waals surface area contributed by atoms with Gasteiger partial charge in [-0.3, -0.25) is 9.59 Å². The highest BCUT2D eigenvalue weighted by Crippen LogP contribution is 2.31. The fourth-order valence-electron chi connectivity index (χ4n) is 2.85. The van der Waals surface area contributed by atoms with Gasteiger partial charge in [-0.15, -0.1) is 0 Å². The van der Waals surface area contributed by atoms with E-state index in [1.807, 2.05) is 18.7 Å². The van der Waals surface area contributed by atoms with Gasteiger partial charge in [0.1, 0.15) is 12.1 Å². The minimum Gasteiger partial charge on any atom is -0.342 e. The van der Waals surface area contributed by atoms with Crippen LogP contribution in [0.15, 0.2) is 0 Å². The summed E-state index contributed by atoms with van der Waals surface area (Å²) in [5.41, 5.74) is 0. The maximum atomic E-state index is 12.6. The van der Waals surface area contributed by atoms with Crippen LogP contribution in [0.4, 0.5) is 0 Å². The van der Waals surface area contributed by atoms with Crippen LogP contribution in [-0.2, 0) is 9.59 Å². The van der Waals surface area contributed by atoms with Gasteiger partial charge in [-0.2, -0.15) is 0 Å². The van der Waals surface area contributed by atoms with Crippen LogP contribution in [0.2, 0.25) is 0 Å². The number of nitrogens with zero attached hydrogens (tertiary/aromatic N) is 1. The highest BCUT2D eigenvalue weighted by molar-refractivity contribution is 5.97. The molecule has 0 aromatic carbocycles. The molecular formula is C14H24N2O2. The monoisotopic (exact) mass is 252 g/mol. The van der Waals surface area contributed by atoms with Crippen molar-refractivity contribution in [1.29, 1.82) is 0 Å². The molecule has 1 aliphatic heterocycles. The Hall–Kier alpha value is -1.06. The second-order valence-corrected chi connectivity index (χ2v) is 5.63. The first-order chi connectivity index (χ1) is 8.60. The van der Waals surface area contributed by atoms with Gasteiger partial charge in [-0.05, 0) is 31.6 Å². The predicted molar refractivity (Wildman–Crippen MR) is 69.9 cm³/mol. The Morgan fingerprint density at radius 3 is 2.44 bits per heavy atom. The van der Waals surface area contributed by atoms with Crippen LogP contribution in [0.5, 0.6) is 0 Å². The molecule has 0 bridgehead atoms. The van der Waals surface area contributed by atoms with E-state index in [1.165, 1.54) is 6.42 Å². The van der Waals surface area contributed by atoms with Crippen LogP contribution in [0, 0.1) is 5.92 Å². The summed E-state index contributed by atoms with van der Waals surface area (Å²) >= 11 is 0. The number of amides is 2. The molecule has 2 rings (SSSR count). The molecule has 4 heteroatoms. The third-order valence-electron chi connectivity index (χ3n) is 4.52. The largest absolute Gasteiger partial charge is 0.342 e. The third-order valence-corrected chi connectivity index (χ3v) is 4.52. The lowest BCUT2D eigenvalue weighted by Crippen LogP contribution is -2.67. The second-order valence-electron chi connectivity index (χ2n) is 5.63. The number of hydrogen-bond donors (Lipinski definition) is 1. The molecule has 4 nitrogen and oxygen atoms in total. The van der Waals surface area contributed by atoms with E-state index in [2.05, 4.69) is 12.2 Å². The van der Waals surface area contributed by atoms with Crippen LogP contribution in [0.25, 0.3) is 0 Å². The van der Waals surface area contributed by atoms with E-state index in [4.69, 9.17) is 0 Å². The summed E-state index contributed by atoms with van der Waals surface area (Å²) in [6.45, 7) is 6.07. The average molecular weight is 252 g/mol. The van der Waals surface area contributed by atoms with Crippen molar-refractivity contribution < 1.29 is 9.59 Å². The number of nitrogens with one attached hydrogen (secondary N) is 1. The quantitative estimate of drug-likeness (QED) is 0.827. The van der Waals surface area contributed by atoms with E-state index in [0.717, 1.165) is 19.3 Å². The summed E-state index contributed by atoms with van der Waals surface area (Å²) in [5.74, 6) is 0.386. The maximum absolute atomic E-state index is 12.6. The first-order valence-corrected chi connectivity index (χ1v) is 7.22. The molecule has 3 atom stereocenters. The highest BCUT2D eigenvalue weighted by Gasteiger charge is 2.45. The minimum absolute atomic E-state index is 0.0364. The van der Waals surface area contributed by atoms with Crippen molar-refractivity contribution >= 4 is 11.8 Å². The first kappa shape index (κ1) is 13.4. The molecule has 102 valence electrons. The van der Waals surface area contributed by atoms with Crippen molar-refractivity contribution in [1.82, 2.24) is 10.2 Å². The Labute approximate surface area is 109 Å². The van der Waals surface area contributed by atoms with E-state index in [1.54, 1.807) is 0 Å². The fourth-order valence-corrected chi connectivity index (χ4v) is 2.85. The number of carbonyl (C=O) groups is 2. The number of carbonyl (C=O) groups excluding carboxylic acids is 2. The van der Waals surface area contributed by atoms with Crippen LogP contribution in [-0.4, -0.2) is 34.8 Å². The number of hydrogen-bond acceptors (Lipinski definition) is 2. The zero-order valence-electron chi connectivity index (χ0n) is 11.6. The van der Waals surface area contributed by atoms with Crippen LogP contribution >= 0.6 is 0 Å². The molecule has 18 heavy (non-hydrogen) atoms. The van der Waals surface area contributed by atoms with E-state index in [0.29, 0.717) is 12.5 Å². The van der Waals surface area contributed by atoms with Gasteiger partial charge in [0.2, 0.25) is 11.8 Å². The van der Waals surface area contributed by atoms with Gasteiger partial charge in [-0.25, -0.2) is 0 Å². The molecule has 3 unspecified atom stereocenters. The molecule has 1 saturated heterocycles. The van der Waals surface area contributed by atoms with Gasteiger partial charge >= 0.3 is 0 Å². The summed E-state index contributed by atoms with van der Waals surface area (Å²) in [6.07, 6.45) is 4.92. The van der Waals surface area contributed by atoms with Gasteiger partial charge in [0.05, 0.1) is 0 Å². The number of rotatable bonds is 4. The Bertz CT molecular complexity index is 339. The molecule has 0 aromatic rings. The van der Waals surface area contributed by atoms with Crippen molar-refractivity contribution in [3.05, 3.63) is 0 Å². The normalized spacial score (nSPS) is 30.9. The Kier molecular flexibility index (Phi) is 3.93. The topological polar surface area (TPSA) is 49.4 Å². The molecule has 1 aliphatic carbocycles. The van der Waals surface area contributed by atoms with Crippen molar-refractivity contribution in [3.8, 4) is 0 Å². The smallest absolute Gasteiger partial charge is 0.246 e. The minimum atomic E-state index is -0.314. The molecule has 0 radical (unpaired) electrons. The maximum Gasteiger partial charge on any atom is 0.246 e. The summed E-state index contributed by atoms with van der Waals surface area (Å²) in [4.78, 5) is 26.6. The van der Waals surface area contributed by atoms with Crippen LogP contribution in [0.1, 0.15) is 52.9 Å². The van der Waals surface area contributed by atoms with Gasteiger partial charge in [-0.1, -0.05) is 27.2 Å². The summed E-state index contributed by atoms with van der Waals surface area (Å²) in [6, 6.07) is -0.255. The standard InChI is InChI=1S/C14H24N2O2/c1-4-9(3)12-14(18)16(10-7-6-8-10)11(5-2)13(17)15-12/h9-12H,4-8H2,1-3H3,(H,15,17). The lowest BCUT2D eigenvalue weighted by Gasteiger charge is -2.47. The van der Waals surface area contributed by atoms with Crippen molar-refractivity contribution in [2.45, 2.75) is 71.0 Å². The van der Waals surface area contributed by atoms with Gasteiger partial charge in [0, 0.05) is 6.04 Å². The van der Waals surface area contributed by atoms with Crippen molar-refractivity contribution in [2.75, 3.05) is 0 Å². The second kappa shape index (κ2) is 5.29. The molecule has 2 fully saturated rings. The average Bonchev–Trinajstić information content (AvgIpc) is 2.30. The molecule has 1 saturated carbocycles. The Morgan fingerprint density at radius 2 is 2.00 bits per heavy atom. The lowest BCUT2D eigenvalue weighted by molar-refractivity contribution is -0.155. The summed E-state index contributed by atoms with van der Waals surface area (Å²) in [5, 5.41) is 2.92.